The van der Waals surface area contributed by atoms with Crippen molar-refractivity contribution in [3.8, 4) is 0 Å². The summed E-state index contributed by atoms with van der Waals surface area (Å²) in [6.45, 7) is 5.80. The molecule has 1 aromatic rings. The maximum atomic E-state index is 11.9. The lowest BCUT2D eigenvalue weighted by atomic mass is 10.1. The van der Waals surface area contributed by atoms with Crippen LogP contribution in [-0.2, 0) is 16.1 Å². The van der Waals surface area contributed by atoms with Gasteiger partial charge >= 0.3 is 5.97 Å². The van der Waals surface area contributed by atoms with Gasteiger partial charge in [0, 0.05) is 5.56 Å². The molecule has 0 spiro atoms. The first-order valence-electron chi connectivity index (χ1n) is 6.45. The van der Waals surface area contributed by atoms with Crippen molar-refractivity contribution in [2.24, 2.45) is 10.7 Å². The molecular weight excluding hydrogens is 313 g/mol. The highest BCUT2D eigenvalue weighted by molar-refractivity contribution is 6.42. The quantitative estimate of drug-likeness (QED) is 0.846. The first-order valence-corrected chi connectivity index (χ1v) is 7.21. The highest BCUT2D eigenvalue weighted by Gasteiger charge is 2.25. The molecule has 0 bridgehead atoms. The van der Waals surface area contributed by atoms with Crippen LogP contribution in [0.15, 0.2) is 17.1 Å². The van der Waals surface area contributed by atoms with Gasteiger partial charge in [0.25, 0.3) is 0 Å². The smallest absolute Gasteiger partial charge is 0.326 e. The Balaban J connectivity index is 2.18. The van der Waals surface area contributed by atoms with Crippen LogP contribution in [0.4, 0.5) is 5.69 Å². The summed E-state index contributed by atoms with van der Waals surface area (Å²) in [5.41, 5.74) is 6.76. The Labute approximate surface area is 133 Å². The van der Waals surface area contributed by atoms with Crippen LogP contribution < -0.4 is 5.73 Å². The Hall–Kier alpha value is -1.46. The van der Waals surface area contributed by atoms with E-state index in [0.29, 0.717) is 22.3 Å². The number of halogens is 2. The summed E-state index contributed by atoms with van der Waals surface area (Å²) in [4.78, 5) is 17.8. The third-order valence-electron chi connectivity index (χ3n) is 2.82. The molecule has 0 amide bonds. The number of rotatable bonds is 2. The average Bonchev–Trinajstić information content (AvgIpc) is 2.34. The van der Waals surface area contributed by atoms with Gasteiger partial charge in [-0.1, -0.05) is 23.2 Å². The van der Waals surface area contributed by atoms with Gasteiger partial charge in [0.1, 0.15) is 12.1 Å². The van der Waals surface area contributed by atoms with E-state index in [1.807, 2.05) is 20.8 Å². The van der Waals surface area contributed by atoms with E-state index in [2.05, 4.69) is 4.99 Å². The Bertz CT molecular complexity index is 609. The van der Waals surface area contributed by atoms with E-state index in [9.17, 15) is 4.79 Å². The third kappa shape index (κ3) is 3.80. The molecule has 1 aromatic carbocycles. The van der Waals surface area contributed by atoms with E-state index in [4.69, 9.17) is 33.7 Å². The highest BCUT2D eigenvalue weighted by atomic mass is 35.5. The highest BCUT2D eigenvalue weighted by Crippen LogP contribution is 2.36. The van der Waals surface area contributed by atoms with E-state index in [-0.39, 0.29) is 18.5 Å². The number of esters is 1. The number of carbonyl (C=O) groups excluding carboxylic acids is 1. The fourth-order valence-electron chi connectivity index (χ4n) is 1.97. The zero-order chi connectivity index (χ0) is 15.8. The van der Waals surface area contributed by atoms with Gasteiger partial charge < -0.3 is 15.4 Å². The standard InChI is InChI=1S/C14H17Cl2N3O2/c1-14(2,3)21-11(20)7-19-6-8-10(18-13(19)17)5-4-9(15)12(8)16/h4-5H,6-7H2,1-3H3,(H2,17,18). The molecule has 114 valence electrons. The number of ether oxygens (including phenoxy) is 1. The largest absolute Gasteiger partial charge is 0.459 e. The summed E-state index contributed by atoms with van der Waals surface area (Å²) in [5, 5.41) is 0.878. The van der Waals surface area contributed by atoms with Crippen LogP contribution in [0.2, 0.25) is 10.0 Å². The van der Waals surface area contributed by atoms with Crippen LogP contribution in [-0.4, -0.2) is 29.0 Å². The molecule has 2 N–H and O–H groups in total. The van der Waals surface area contributed by atoms with Crippen molar-refractivity contribution < 1.29 is 9.53 Å². The average molecular weight is 330 g/mol. The zero-order valence-corrected chi connectivity index (χ0v) is 13.6. The molecule has 2 rings (SSSR count). The fourth-order valence-corrected chi connectivity index (χ4v) is 2.37. The van der Waals surface area contributed by atoms with Crippen molar-refractivity contribution in [3.63, 3.8) is 0 Å². The zero-order valence-electron chi connectivity index (χ0n) is 12.1. The van der Waals surface area contributed by atoms with Gasteiger partial charge in [-0.25, -0.2) is 4.99 Å². The lowest BCUT2D eigenvalue weighted by molar-refractivity contribution is -0.155. The molecular formula is C14H17Cl2N3O2. The number of carbonyl (C=O) groups is 1. The summed E-state index contributed by atoms with van der Waals surface area (Å²) in [7, 11) is 0. The van der Waals surface area contributed by atoms with E-state index in [0.717, 1.165) is 5.56 Å². The maximum Gasteiger partial charge on any atom is 0.326 e. The summed E-state index contributed by atoms with van der Waals surface area (Å²) in [5.74, 6) is -0.117. The molecule has 5 nitrogen and oxygen atoms in total. The molecule has 0 saturated heterocycles. The fraction of sp³-hybridized carbons (Fsp3) is 0.429. The third-order valence-corrected chi connectivity index (χ3v) is 3.66. The minimum Gasteiger partial charge on any atom is -0.459 e. The van der Waals surface area contributed by atoms with Crippen molar-refractivity contribution in [3.05, 3.63) is 27.7 Å². The molecule has 7 heteroatoms. The van der Waals surface area contributed by atoms with Crippen LogP contribution in [0.5, 0.6) is 0 Å². The Kier molecular flexibility index (Phi) is 4.35. The van der Waals surface area contributed by atoms with Gasteiger partial charge in [-0.15, -0.1) is 0 Å². The first-order chi connectivity index (χ1) is 9.67. The topological polar surface area (TPSA) is 67.9 Å². The lowest BCUT2D eigenvalue weighted by Crippen LogP contribution is -2.43. The Morgan fingerprint density at radius 3 is 2.71 bits per heavy atom. The number of nitrogens with two attached hydrogens (primary N) is 1. The molecule has 21 heavy (non-hydrogen) atoms. The number of guanidine groups is 1. The number of nitrogens with zero attached hydrogens (tertiary/aromatic N) is 2. The SMILES string of the molecule is CC(C)(C)OC(=O)CN1Cc2c(ccc(Cl)c2Cl)N=C1N. The van der Waals surface area contributed by atoms with E-state index < -0.39 is 5.60 Å². The molecule has 0 aliphatic carbocycles. The van der Waals surface area contributed by atoms with Gasteiger partial charge in [-0.05, 0) is 32.9 Å². The number of hydrogen-bond acceptors (Lipinski definition) is 5. The second kappa shape index (κ2) is 5.73. The van der Waals surface area contributed by atoms with Crippen LogP contribution >= 0.6 is 23.2 Å². The molecule has 0 radical (unpaired) electrons. The van der Waals surface area contributed by atoms with Crippen LogP contribution in [0, 0.1) is 0 Å². The van der Waals surface area contributed by atoms with Gasteiger partial charge in [0.05, 0.1) is 22.3 Å². The number of benzene rings is 1. The molecule has 0 atom stereocenters. The summed E-state index contributed by atoms with van der Waals surface area (Å²) < 4.78 is 5.28. The van der Waals surface area contributed by atoms with Gasteiger partial charge in [0.2, 0.25) is 0 Å². The molecule has 1 heterocycles. The minimum atomic E-state index is -0.544. The first kappa shape index (κ1) is 15.9. The van der Waals surface area contributed by atoms with Crippen molar-refractivity contribution in [1.82, 2.24) is 4.90 Å². The predicted octanol–water partition coefficient (Wildman–Crippen LogP) is 3.10. The van der Waals surface area contributed by atoms with Gasteiger partial charge in [0.15, 0.2) is 5.96 Å². The van der Waals surface area contributed by atoms with Gasteiger partial charge in [-0.3, -0.25) is 4.79 Å². The van der Waals surface area contributed by atoms with Crippen molar-refractivity contribution in [1.29, 1.82) is 0 Å². The maximum absolute atomic E-state index is 11.9. The normalized spacial score (nSPS) is 14.5. The van der Waals surface area contributed by atoms with Crippen LogP contribution in [0.3, 0.4) is 0 Å². The van der Waals surface area contributed by atoms with E-state index in [1.165, 1.54) is 0 Å². The molecule has 1 aliphatic rings. The van der Waals surface area contributed by atoms with Crippen molar-refractivity contribution in [2.45, 2.75) is 32.9 Å². The molecule has 0 aromatic heterocycles. The van der Waals surface area contributed by atoms with Gasteiger partial charge in [-0.2, -0.15) is 0 Å². The Morgan fingerprint density at radius 2 is 2.10 bits per heavy atom. The molecule has 0 unspecified atom stereocenters. The van der Waals surface area contributed by atoms with Crippen LogP contribution in [0.25, 0.3) is 0 Å². The van der Waals surface area contributed by atoms with Crippen LogP contribution in [0.1, 0.15) is 26.3 Å². The number of aliphatic imine (C=N–C) groups is 1. The predicted molar refractivity (Wildman–Crippen MR) is 84.0 cm³/mol. The summed E-state index contributed by atoms with van der Waals surface area (Å²) in [6.07, 6.45) is 0. The number of fused-ring (bicyclic) bond motifs is 1. The van der Waals surface area contributed by atoms with Crippen molar-refractivity contribution >= 4 is 40.8 Å². The second-order valence-electron chi connectivity index (χ2n) is 5.77. The number of hydrogen-bond donors (Lipinski definition) is 1. The monoisotopic (exact) mass is 329 g/mol. The molecule has 0 saturated carbocycles. The van der Waals surface area contributed by atoms with E-state index >= 15 is 0 Å². The molecule has 1 aliphatic heterocycles. The minimum absolute atomic E-state index is 0.00882. The molecule has 0 fully saturated rings. The van der Waals surface area contributed by atoms with E-state index in [1.54, 1.807) is 17.0 Å². The Morgan fingerprint density at radius 1 is 1.43 bits per heavy atom. The van der Waals surface area contributed by atoms with Crippen molar-refractivity contribution in [2.75, 3.05) is 6.54 Å². The summed E-state index contributed by atoms with van der Waals surface area (Å²) in [6, 6.07) is 3.42. The summed E-state index contributed by atoms with van der Waals surface area (Å²) >= 11 is 12.2. The second-order valence-corrected chi connectivity index (χ2v) is 6.56. The lowest BCUT2D eigenvalue weighted by Gasteiger charge is -2.29.